The highest BCUT2D eigenvalue weighted by atomic mass is 19.3. The number of alkyl halides is 2. The van der Waals surface area contributed by atoms with Gasteiger partial charge in [0.1, 0.15) is 5.75 Å². The Bertz CT molecular complexity index is 291. The Kier molecular flexibility index (Phi) is 3.13. The van der Waals surface area contributed by atoms with Crippen molar-refractivity contribution in [3.05, 3.63) is 23.5 Å². The van der Waals surface area contributed by atoms with Crippen LogP contribution in [0.1, 0.15) is 17.7 Å². The molecule has 5 heteroatoms. The Morgan fingerprint density at radius 2 is 2.31 bits per heavy atom. The van der Waals surface area contributed by atoms with Gasteiger partial charge in [-0.25, -0.2) is 8.78 Å². The molecule has 0 aliphatic rings. The predicted octanol–water partition coefficient (Wildman–Crippen LogP) is 1.52. The second-order valence-electron chi connectivity index (χ2n) is 2.38. The molecule has 72 valence electrons. The molecule has 1 heterocycles. The van der Waals surface area contributed by atoms with Crippen LogP contribution in [0, 0.1) is 0 Å². The first-order chi connectivity index (χ1) is 6.19. The quantitative estimate of drug-likeness (QED) is 0.783. The van der Waals surface area contributed by atoms with Crippen LogP contribution in [-0.2, 0) is 6.61 Å². The van der Waals surface area contributed by atoms with E-state index in [1.807, 2.05) is 0 Å². The highest BCUT2D eigenvalue weighted by Gasteiger charge is 2.14. The lowest BCUT2D eigenvalue weighted by Gasteiger charge is -2.07. The molecule has 0 radical (unpaired) electrons. The number of halogens is 2. The molecule has 1 N–H and O–H groups in total. The SMILES string of the molecule is COc1cc(CO)ncc1C(F)F. The number of pyridine rings is 1. The number of methoxy groups -OCH3 is 1. The van der Waals surface area contributed by atoms with Crippen LogP contribution >= 0.6 is 0 Å². The van der Waals surface area contributed by atoms with Gasteiger partial charge in [-0.15, -0.1) is 0 Å². The Morgan fingerprint density at radius 3 is 2.77 bits per heavy atom. The summed E-state index contributed by atoms with van der Waals surface area (Å²) in [5.41, 5.74) is 0.0425. The van der Waals surface area contributed by atoms with Crippen LogP contribution in [0.2, 0.25) is 0 Å². The maximum atomic E-state index is 12.3. The zero-order valence-corrected chi connectivity index (χ0v) is 7.00. The van der Waals surface area contributed by atoms with Gasteiger partial charge in [0.25, 0.3) is 6.43 Å². The molecule has 0 fully saturated rings. The molecular weight excluding hydrogens is 180 g/mol. The summed E-state index contributed by atoms with van der Waals surface area (Å²) >= 11 is 0. The molecular formula is C8H9F2NO2. The van der Waals surface area contributed by atoms with Crippen LogP contribution in [0.4, 0.5) is 8.78 Å². The van der Waals surface area contributed by atoms with Crippen molar-refractivity contribution < 1.29 is 18.6 Å². The number of aliphatic hydroxyl groups excluding tert-OH is 1. The topological polar surface area (TPSA) is 42.4 Å². The van der Waals surface area contributed by atoms with E-state index in [4.69, 9.17) is 9.84 Å². The average molecular weight is 189 g/mol. The number of hydrogen-bond acceptors (Lipinski definition) is 3. The summed E-state index contributed by atoms with van der Waals surface area (Å²) in [6, 6.07) is 1.29. The lowest BCUT2D eigenvalue weighted by Crippen LogP contribution is -1.97. The molecule has 0 saturated heterocycles. The van der Waals surface area contributed by atoms with E-state index in [9.17, 15) is 8.78 Å². The third-order valence-corrected chi connectivity index (χ3v) is 1.57. The van der Waals surface area contributed by atoms with Gasteiger partial charge in [0, 0.05) is 12.3 Å². The minimum Gasteiger partial charge on any atom is -0.496 e. The summed E-state index contributed by atoms with van der Waals surface area (Å²) in [7, 11) is 1.29. The Labute approximate surface area is 74.0 Å². The molecule has 0 unspecified atom stereocenters. The number of ether oxygens (including phenoxy) is 1. The largest absolute Gasteiger partial charge is 0.496 e. The monoisotopic (exact) mass is 189 g/mol. The zero-order chi connectivity index (χ0) is 9.84. The average Bonchev–Trinajstić information content (AvgIpc) is 2.16. The van der Waals surface area contributed by atoms with Gasteiger partial charge in [-0.05, 0) is 0 Å². The molecule has 1 aromatic heterocycles. The van der Waals surface area contributed by atoms with E-state index in [1.54, 1.807) is 0 Å². The minimum atomic E-state index is -2.62. The third-order valence-electron chi connectivity index (χ3n) is 1.57. The lowest BCUT2D eigenvalue weighted by molar-refractivity contribution is 0.146. The van der Waals surface area contributed by atoms with Crippen LogP contribution in [0.15, 0.2) is 12.3 Å². The molecule has 1 aromatic rings. The Balaban J connectivity index is 3.08. The predicted molar refractivity (Wildman–Crippen MR) is 41.7 cm³/mol. The van der Waals surface area contributed by atoms with Gasteiger partial charge in [-0.2, -0.15) is 0 Å². The summed E-state index contributed by atoms with van der Waals surface area (Å²) in [5, 5.41) is 8.68. The van der Waals surface area contributed by atoms with Crippen LogP contribution in [0.3, 0.4) is 0 Å². The third kappa shape index (κ3) is 2.12. The molecule has 0 aliphatic carbocycles. The van der Waals surface area contributed by atoms with Crippen LogP contribution in [-0.4, -0.2) is 17.2 Å². The van der Waals surface area contributed by atoms with Crippen molar-refractivity contribution in [1.82, 2.24) is 4.98 Å². The number of aromatic nitrogens is 1. The van der Waals surface area contributed by atoms with Crippen molar-refractivity contribution in [3.63, 3.8) is 0 Å². The molecule has 0 spiro atoms. The van der Waals surface area contributed by atoms with Crippen molar-refractivity contribution in [2.45, 2.75) is 13.0 Å². The highest BCUT2D eigenvalue weighted by molar-refractivity contribution is 5.33. The fourth-order valence-electron chi connectivity index (χ4n) is 0.915. The minimum absolute atomic E-state index is 0.0500. The number of rotatable bonds is 3. The van der Waals surface area contributed by atoms with E-state index in [1.165, 1.54) is 13.2 Å². The van der Waals surface area contributed by atoms with Crippen molar-refractivity contribution in [2.24, 2.45) is 0 Å². The summed E-state index contributed by atoms with van der Waals surface area (Å²) in [6.07, 6.45) is -1.61. The van der Waals surface area contributed by atoms with Gasteiger partial charge in [-0.3, -0.25) is 4.98 Å². The van der Waals surface area contributed by atoms with E-state index >= 15 is 0 Å². The zero-order valence-electron chi connectivity index (χ0n) is 7.00. The lowest BCUT2D eigenvalue weighted by atomic mass is 10.2. The highest BCUT2D eigenvalue weighted by Crippen LogP contribution is 2.28. The maximum Gasteiger partial charge on any atom is 0.268 e. The standard InChI is InChI=1S/C8H9F2NO2/c1-13-7-2-5(4-12)11-3-6(7)8(9)10/h2-3,8,12H,4H2,1H3. The molecule has 0 bridgehead atoms. The summed E-state index contributed by atoms with van der Waals surface area (Å²) in [4.78, 5) is 3.62. The summed E-state index contributed by atoms with van der Waals surface area (Å²) < 4.78 is 29.3. The molecule has 0 saturated carbocycles. The molecule has 0 aromatic carbocycles. The number of nitrogens with zero attached hydrogens (tertiary/aromatic N) is 1. The Morgan fingerprint density at radius 1 is 1.62 bits per heavy atom. The fraction of sp³-hybridized carbons (Fsp3) is 0.375. The van der Waals surface area contributed by atoms with Gasteiger partial charge >= 0.3 is 0 Å². The maximum absolute atomic E-state index is 12.3. The van der Waals surface area contributed by atoms with Gasteiger partial charge in [0.05, 0.1) is 25.0 Å². The molecule has 3 nitrogen and oxygen atoms in total. The first-order valence-corrected chi connectivity index (χ1v) is 3.61. The molecule has 1 rings (SSSR count). The van der Waals surface area contributed by atoms with Gasteiger partial charge in [0.2, 0.25) is 0 Å². The van der Waals surface area contributed by atoms with Crippen molar-refractivity contribution >= 4 is 0 Å². The summed E-state index contributed by atoms with van der Waals surface area (Å²) in [5.74, 6) is 0.0500. The van der Waals surface area contributed by atoms with E-state index in [2.05, 4.69) is 4.98 Å². The smallest absolute Gasteiger partial charge is 0.268 e. The van der Waals surface area contributed by atoms with Crippen molar-refractivity contribution in [3.8, 4) is 5.75 Å². The van der Waals surface area contributed by atoms with Crippen molar-refractivity contribution in [1.29, 1.82) is 0 Å². The number of aliphatic hydroxyl groups is 1. The van der Waals surface area contributed by atoms with Crippen LogP contribution < -0.4 is 4.74 Å². The van der Waals surface area contributed by atoms with Gasteiger partial charge in [-0.1, -0.05) is 0 Å². The van der Waals surface area contributed by atoms with E-state index in [-0.39, 0.29) is 17.9 Å². The normalized spacial score (nSPS) is 10.5. The molecule has 0 aliphatic heterocycles. The van der Waals surface area contributed by atoms with Crippen LogP contribution in [0.5, 0.6) is 5.75 Å². The summed E-state index contributed by atoms with van der Waals surface area (Å²) in [6.45, 7) is -0.292. The Hall–Kier alpha value is -1.23. The molecule has 0 atom stereocenters. The van der Waals surface area contributed by atoms with E-state index in [0.29, 0.717) is 5.69 Å². The van der Waals surface area contributed by atoms with Crippen LogP contribution in [0.25, 0.3) is 0 Å². The second-order valence-corrected chi connectivity index (χ2v) is 2.38. The van der Waals surface area contributed by atoms with E-state index < -0.39 is 6.43 Å². The van der Waals surface area contributed by atoms with Gasteiger partial charge in [0.15, 0.2) is 0 Å². The van der Waals surface area contributed by atoms with Gasteiger partial charge < -0.3 is 9.84 Å². The first-order valence-electron chi connectivity index (χ1n) is 3.61. The first kappa shape index (κ1) is 9.85. The van der Waals surface area contributed by atoms with E-state index in [0.717, 1.165) is 6.20 Å². The second kappa shape index (κ2) is 4.13. The molecule has 0 amide bonds. The molecule has 13 heavy (non-hydrogen) atoms. The number of hydrogen-bond donors (Lipinski definition) is 1. The fourth-order valence-corrected chi connectivity index (χ4v) is 0.915. The van der Waals surface area contributed by atoms with Crippen molar-refractivity contribution in [2.75, 3.05) is 7.11 Å².